The predicted molar refractivity (Wildman–Crippen MR) is 126 cm³/mol. The number of furan rings is 1. The lowest BCUT2D eigenvalue weighted by Crippen LogP contribution is -2.39. The van der Waals surface area contributed by atoms with Crippen molar-refractivity contribution in [2.24, 2.45) is 17.8 Å². The SMILES string of the molecule is CC1=CC(=O)C2=C(C[C@@H]3C(=CC[C@@H]4C(=O)N(Cc5cccs5)C(=O)[C@@H]43)[C@@H]2c2ccc(CO)o2)C1=O. The number of hydrogen-bond acceptors (Lipinski definition) is 7. The summed E-state index contributed by atoms with van der Waals surface area (Å²) in [6, 6.07) is 7.16. The van der Waals surface area contributed by atoms with Gasteiger partial charge in [0.2, 0.25) is 11.8 Å². The largest absolute Gasteiger partial charge is 0.463 e. The number of fused-ring (bicyclic) bond motifs is 3. The maximum Gasteiger partial charge on any atom is 0.234 e. The van der Waals surface area contributed by atoms with Crippen molar-refractivity contribution in [3.63, 3.8) is 0 Å². The third-order valence-corrected chi connectivity index (χ3v) is 8.53. The fourth-order valence-corrected chi connectivity index (χ4v) is 6.82. The molecule has 6 rings (SSSR count). The number of rotatable bonds is 4. The Hall–Kier alpha value is -3.36. The Morgan fingerprint density at radius 3 is 2.66 bits per heavy atom. The van der Waals surface area contributed by atoms with Crippen LogP contribution < -0.4 is 0 Å². The van der Waals surface area contributed by atoms with Gasteiger partial charge in [-0.1, -0.05) is 17.7 Å². The molecule has 2 aromatic rings. The van der Waals surface area contributed by atoms with Gasteiger partial charge in [-0.3, -0.25) is 24.1 Å². The van der Waals surface area contributed by atoms with Gasteiger partial charge in [0, 0.05) is 21.6 Å². The highest BCUT2D eigenvalue weighted by molar-refractivity contribution is 7.09. The number of thiophene rings is 1. The molecule has 8 heteroatoms. The van der Waals surface area contributed by atoms with Crippen LogP contribution >= 0.6 is 11.3 Å². The van der Waals surface area contributed by atoms with E-state index >= 15 is 0 Å². The van der Waals surface area contributed by atoms with Crippen LogP contribution in [-0.4, -0.2) is 33.4 Å². The lowest BCUT2D eigenvalue weighted by molar-refractivity contribution is -0.140. The smallest absolute Gasteiger partial charge is 0.234 e. The number of nitrogens with zero attached hydrogens (tertiary/aromatic N) is 1. The molecule has 1 saturated heterocycles. The molecule has 1 fully saturated rings. The van der Waals surface area contributed by atoms with Crippen molar-refractivity contribution in [3.8, 4) is 0 Å². The Morgan fingerprint density at radius 1 is 1.11 bits per heavy atom. The molecule has 0 unspecified atom stereocenters. The van der Waals surface area contributed by atoms with E-state index in [-0.39, 0.29) is 48.9 Å². The summed E-state index contributed by atoms with van der Waals surface area (Å²) < 4.78 is 5.86. The second-order valence-corrected chi connectivity index (χ2v) is 10.6. The third kappa shape index (κ3) is 3.27. The van der Waals surface area contributed by atoms with Crippen LogP contribution in [-0.2, 0) is 32.3 Å². The lowest BCUT2D eigenvalue weighted by Gasteiger charge is -2.41. The molecule has 35 heavy (non-hydrogen) atoms. The summed E-state index contributed by atoms with van der Waals surface area (Å²) in [6.07, 6.45) is 3.97. The number of aliphatic hydroxyl groups excluding tert-OH is 1. The molecule has 3 aliphatic carbocycles. The molecule has 0 bridgehead atoms. The molecule has 4 aliphatic rings. The van der Waals surface area contributed by atoms with Crippen molar-refractivity contribution in [2.75, 3.05) is 0 Å². The number of carbonyl (C=O) groups excluding carboxylic acids is 4. The maximum atomic E-state index is 13.6. The van der Waals surface area contributed by atoms with Crippen LogP contribution in [0.4, 0.5) is 0 Å². The molecule has 0 spiro atoms. The Kier molecular flexibility index (Phi) is 5.12. The van der Waals surface area contributed by atoms with Gasteiger partial charge >= 0.3 is 0 Å². The molecule has 0 aromatic carbocycles. The van der Waals surface area contributed by atoms with Crippen molar-refractivity contribution in [2.45, 2.75) is 38.8 Å². The summed E-state index contributed by atoms with van der Waals surface area (Å²) in [5.41, 5.74) is 2.00. The van der Waals surface area contributed by atoms with Gasteiger partial charge in [-0.25, -0.2) is 0 Å². The first-order valence-electron chi connectivity index (χ1n) is 11.7. The molecule has 2 aromatic heterocycles. The van der Waals surface area contributed by atoms with E-state index in [0.29, 0.717) is 34.7 Å². The van der Waals surface area contributed by atoms with Crippen LogP contribution in [0.15, 0.2) is 68.5 Å². The van der Waals surface area contributed by atoms with E-state index in [1.54, 1.807) is 19.1 Å². The minimum Gasteiger partial charge on any atom is -0.463 e. The van der Waals surface area contributed by atoms with E-state index in [1.165, 1.54) is 22.3 Å². The number of Topliss-reactive ketones (excluding diaryl/α,β-unsaturated/α-hetero) is 1. The molecular formula is C27H23NO6S. The Bertz CT molecular complexity index is 1370. The normalized spacial score (nSPS) is 28.1. The monoisotopic (exact) mass is 489 g/mol. The average Bonchev–Trinajstić information content (AvgIpc) is 3.59. The molecule has 3 heterocycles. The number of imide groups is 1. The average molecular weight is 490 g/mol. The van der Waals surface area contributed by atoms with Gasteiger partial charge in [-0.15, -0.1) is 11.3 Å². The van der Waals surface area contributed by atoms with Crippen LogP contribution in [0, 0.1) is 17.8 Å². The van der Waals surface area contributed by atoms with E-state index in [0.717, 1.165) is 10.5 Å². The Balaban J connectivity index is 1.45. The molecule has 7 nitrogen and oxygen atoms in total. The van der Waals surface area contributed by atoms with Crippen molar-refractivity contribution in [1.82, 2.24) is 4.90 Å². The number of allylic oxidation sites excluding steroid dienone is 6. The third-order valence-electron chi connectivity index (χ3n) is 7.67. The number of ketones is 2. The highest BCUT2D eigenvalue weighted by Crippen LogP contribution is 2.55. The van der Waals surface area contributed by atoms with Gasteiger partial charge in [0.15, 0.2) is 11.6 Å². The van der Waals surface area contributed by atoms with E-state index in [4.69, 9.17) is 4.42 Å². The van der Waals surface area contributed by atoms with Gasteiger partial charge in [-0.05, 0) is 55.3 Å². The molecule has 1 aliphatic heterocycles. The zero-order chi connectivity index (χ0) is 24.4. The fourth-order valence-electron chi connectivity index (χ4n) is 6.12. The number of likely N-dealkylation sites (tertiary alicyclic amines) is 1. The van der Waals surface area contributed by atoms with E-state index in [9.17, 15) is 24.3 Å². The van der Waals surface area contributed by atoms with Gasteiger partial charge in [0.1, 0.15) is 18.1 Å². The van der Waals surface area contributed by atoms with Crippen molar-refractivity contribution < 1.29 is 28.7 Å². The van der Waals surface area contributed by atoms with Crippen LogP contribution in [0.5, 0.6) is 0 Å². The van der Waals surface area contributed by atoms with Crippen LogP contribution in [0.2, 0.25) is 0 Å². The Labute approximate surface area is 205 Å². The van der Waals surface area contributed by atoms with Gasteiger partial charge in [0.05, 0.1) is 24.3 Å². The molecule has 0 saturated carbocycles. The van der Waals surface area contributed by atoms with E-state index < -0.39 is 17.8 Å². The second kappa shape index (κ2) is 8.10. The highest BCUT2D eigenvalue weighted by atomic mass is 32.1. The Morgan fingerprint density at radius 2 is 1.94 bits per heavy atom. The molecule has 178 valence electrons. The summed E-state index contributed by atoms with van der Waals surface area (Å²) >= 11 is 1.50. The second-order valence-electron chi connectivity index (χ2n) is 9.53. The van der Waals surface area contributed by atoms with E-state index in [1.807, 2.05) is 23.6 Å². The van der Waals surface area contributed by atoms with Gasteiger partial charge in [0.25, 0.3) is 0 Å². The molecular weight excluding hydrogens is 466 g/mol. The van der Waals surface area contributed by atoms with Crippen LogP contribution in [0.25, 0.3) is 0 Å². The standard InChI is InChI=1S/C27H23NO6S/c1-13-9-20(30)23-19(25(13)31)10-18-16(24(23)21-7-4-14(12-29)34-21)5-6-17-22(18)27(33)28(26(17)32)11-15-3-2-8-35-15/h2-5,7-9,17-18,22,24,29H,6,10-12H2,1H3/t17-,18+,22-,24+/m0/s1. The number of carbonyl (C=O) groups is 4. The topological polar surface area (TPSA) is 105 Å². The van der Waals surface area contributed by atoms with Crippen molar-refractivity contribution in [3.05, 3.63) is 80.5 Å². The zero-order valence-electron chi connectivity index (χ0n) is 19.0. The summed E-state index contributed by atoms with van der Waals surface area (Å²) in [4.78, 5) is 55.6. The first-order valence-corrected chi connectivity index (χ1v) is 12.5. The quantitative estimate of drug-likeness (QED) is 0.401. The summed E-state index contributed by atoms with van der Waals surface area (Å²) in [6.45, 7) is 1.58. The van der Waals surface area contributed by atoms with Gasteiger partial charge < -0.3 is 9.52 Å². The summed E-state index contributed by atoms with van der Waals surface area (Å²) in [5, 5.41) is 11.4. The van der Waals surface area contributed by atoms with Crippen molar-refractivity contribution in [1.29, 1.82) is 0 Å². The predicted octanol–water partition coefficient (Wildman–Crippen LogP) is 3.46. The highest BCUT2D eigenvalue weighted by Gasteiger charge is 2.56. The minimum absolute atomic E-state index is 0.178. The maximum absolute atomic E-state index is 13.6. The summed E-state index contributed by atoms with van der Waals surface area (Å²) in [7, 11) is 0. The fraction of sp³-hybridized carbons (Fsp3) is 0.333. The van der Waals surface area contributed by atoms with Crippen LogP contribution in [0.1, 0.15) is 42.1 Å². The van der Waals surface area contributed by atoms with Crippen molar-refractivity contribution >= 4 is 34.7 Å². The zero-order valence-corrected chi connectivity index (χ0v) is 19.8. The van der Waals surface area contributed by atoms with Crippen LogP contribution in [0.3, 0.4) is 0 Å². The van der Waals surface area contributed by atoms with E-state index in [2.05, 4.69) is 0 Å². The number of amides is 2. The summed E-state index contributed by atoms with van der Waals surface area (Å²) in [5.74, 6) is -2.09. The molecule has 0 radical (unpaired) electrons. The number of aliphatic hydroxyl groups is 1. The first-order chi connectivity index (χ1) is 16.9. The minimum atomic E-state index is -0.625. The molecule has 1 N–H and O–H groups in total. The lowest BCUT2D eigenvalue weighted by atomic mass is 9.60. The molecule has 4 atom stereocenters. The molecule has 2 amide bonds. The van der Waals surface area contributed by atoms with Gasteiger partial charge in [-0.2, -0.15) is 0 Å². The number of hydrogen-bond donors (Lipinski definition) is 1. The first kappa shape index (κ1) is 22.1.